The molecule has 0 atom stereocenters. The lowest BCUT2D eigenvalue weighted by Gasteiger charge is -2.09. The molecule has 4 heteroatoms. The van der Waals surface area contributed by atoms with Crippen LogP contribution >= 0.6 is 0 Å². The molecule has 0 unspecified atom stereocenters. The molecule has 1 aromatic carbocycles. The molecule has 1 heterocycles. The number of carbonyl (C=O) groups excluding carboxylic acids is 1. The van der Waals surface area contributed by atoms with Gasteiger partial charge in [-0.1, -0.05) is 17.6 Å². The van der Waals surface area contributed by atoms with Gasteiger partial charge in [-0.2, -0.15) is 0 Å². The third-order valence-corrected chi connectivity index (χ3v) is 2.72. The van der Waals surface area contributed by atoms with Crippen LogP contribution < -0.4 is 10.6 Å². The monoisotopic (exact) mass is 253 g/mol. The molecule has 0 radical (unpaired) electrons. The van der Waals surface area contributed by atoms with Gasteiger partial charge in [0, 0.05) is 17.3 Å². The third-order valence-electron chi connectivity index (χ3n) is 2.72. The van der Waals surface area contributed by atoms with Gasteiger partial charge in [0.2, 0.25) is 5.91 Å². The highest BCUT2D eigenvalue weighted by molar-refractivity contribution is 5.93. The first-order valence-electron chi connectivity index (χ1n) is 6.00. The van der Waals surface area contributed by atoms with Crippen molar-refractivity contribution in [2.45, 2.75) is 6.92 Å². The minimum atomic E-state index is -0.129. The molecule has 0 aliphatic heterocycles. The van der Waals surface area contributed by atoms with Gasteiger partial charge in [-0.3, -0.25) is 9.78 Å². The van der Waals surface area contributed by atoms with Crippen molar-refractivity contribution in [3.05, 3.63) is 36.0 Å². The van der Waals surface area contributed by atoms with Gasteiger partial charge in [-0.15, -0.1) is 6.42 Å². The molecule has 2 rings (SSSR count). The van der Waals surface area contributed by atoms with Crippen LogP contribution in [0, 0.1) is 19.3 Å². The number of aromatic nitrogens is 1. The number of nitrogens with zero attached hydrogens (tertiary/aromatic N) is 1. The molecule has 0 fully saturated rings. The zero-order valence-electron chi connectivity index (χ0n) is 10.7. The number of amides is 1. The van der Waals surface area contributed by atoms with Crippen LogP contribution in [0.4, 0.5) is 5.69 Å². The predicted molar refractivity (Wildman–Crippen MR) is 76.8 cm³/mol. The van der Waals surface area contributed by atoms with Crippen molar-refractivity contribution < 1.29 is 4.79 Å². The van der Waals surface area contributed by atoms with Gasteiger partial charge in [0.1, 0.15) is 0 Å². The summed E-state index contributed by atoms with van der Waals surface area (Å²) in [7, 11) is 0. The number of terminal acetylenes is 1. The fourth-order valence-corrected chi connectivity index (χ4v) is 1.80. The Morgan fingerprint density at radius 2 is 2.26 bits per heavy atom. The number of fused-ring (bicyclic) bond motifs is 1. The predicted octanol–water partition coefficient (Wildman–Crippen LogP) is 1.70. The third kappa shape index (κ3) is 3.23. The lowest BCUT2D eigenvalue weighted by atomic mass is 10.1. The Labute approximate surface area is 112 Å². The number of aryl methyl sites for hydroxylation is 1. The van der Waals surface area contributed by atoms with Crippen LogP contribution in [-0.4, -0.2) is 24.0 Å². The van der Waals surface area contributed by atoms with Crippen molar-refractivity contribution in [1.29, 1.82) is 0 Å². The van der Waals surface area contributed by atoms with Crippen LogP contribution in [0.5, 0.6) is 0 Å². The van der Waals surface area contributed by atoms with Crippen LogP contribution in [0.2, 0.25) is 0 Å². The molecule has 0 spiro atoms. The summed E-state index contributed by atoms with van der Waals surface area (Å²) >= 11 is 0. The zero-order chi connectivity index (χ0) is 13.7. The van der Waals surface area contributed by atoms with Gasteiger partial charge in [-0.25, -0.2) is 0 Å². The van der Waals surface area contributed by atoms with E-state index < -0.39 is 0 Å². The Kier molecular flexibility index (Phi) is 3.99. The van der Waals surface area contributed by atoms with Crippen LogP contribution in [0.1, 0.15) is 5.56 Å². The standard InChI is InChI=1S/C15H15N3O/c1-3-7-17-15(19)10-18-14-6-8-16-13-5-4-11(2)9-12(13)14/h1,4-6,8-9H,7,10H2,2H3,(H,16,18)(H,17,19). The fraction of sp³-hybridized carbons (Fsp3) is 0.200. The number of anilines is 1. The summed E-state index contributed by atoms with van der Waals surface area (Å²) in [5.74, 6) is 2.24. The van der Waals surface area contributed by atoms with Crippen molar-refractivity contribution in [2.24, 2.45) is 0 Å². The second-order valence-corrected chi connectivity index (χ2v) is 4.21. The molecule has 1 aromatic heterocycles. The van der Waals surface area contributed by atoms with Gasteiger partial charge in [-0.05, 0) is 25.1 Å². The molecule has 96 valence electrons. The first-order chi connectivity index (χ1) is 9.20. The van der Waals surface area contributed by atoms with Crippen molar-refractivity contribution in [3.63, 3.8) is 0 Å². The lowest BCUT2D eigenvalue weighted by Crippen LogP contribution is -2.30. The molecule has 0 saturated heterocycles. The maximum Gasteiger partial charge on any atom is 0.240 e. The first-order valence-corrected chi connectivity index (χ1v) is 6.00. The van der Waals surface area contributed by atoms with Crippen LogP contribution in [-0.2, 0) is 4.79 Å². The van der Waals surface area contributed by atoms with Crippen LogP contribution in [0.25, 0.3) is 10.9 Å². The summed E-state index contributed by atoms with van der Waals surface area (Å²) in [4.78, 5) is 15.8. The number of nitrogens with one attached hydrogen (secondary N) is 2. The minimum Gasteiger partial charge on any atom is -0.376 e. The molecular weight excluding hydrogens is 238 g/mol. The number of rotatable bonds is 4. The summed E-state index contributed by atoms with van der Waals surface area (Å²) in [6.07, 6.45) is 6.80. The maximum absolute atomic E-state index is 11.5. The van der Waals surface area contributed by atoms with E-state index in [1.165, 1.54) is 0 Å². The maximum atomic E-state index is 11.5. The molecular formula is C15H15N3O. The van der Waals surface area contributed by atoms with E-state index in [1.807, 2.05) is 31.2 Å². The van der Waals surface area contributed by atoms with Crippen LogP contribution in [0.3, 0.4) is 0 Å². The fourth-order valence-electron chi connectivity index (χ4n) is 1.80. The van der Waals surface area contributed by atoms with E-state index in [-0.39, 0.29) is 19.0 Å². The Morgan fingerprint density at radius 1 is 1.42 bits per heavy atom. The average molecular weight is 253 g/mol. The van der Waals surface area contributed by atoms with Gasteiger partial charge in [0.15, 0.2) is 0 Å². The van der Waals surface area contributed by atoms with Crippen LogP contribution in [0.15, 0.2) is 30.5 Å². The van der Waals surface area contributed by atoms with E-state index in [0.717, 1.165) is 22.2 Å². The largest absolute Gasteiger partial charge is 0.376 e. The Balaban J connectivity index is 2.15. The summed E-state index contributed by atoms with van der Waals surface area (Å²) in [6, 6.07) is 7.88. The zero-order valence-corrected chi connectivity index (χ0v) is 10.7. The summed E-state index contributed by atoms with van der Waals surface area (Å²) in [5.41, 5.74) is 2.95. The number of benzene rings is 1. The number of carbonyl (C=O) groups is 1. The van der Waals surface area contributed by atoms with Gasteiger partial charge in [0.05, 0.1) is 18.6 Å². The smallest absolute Gasteiger partial charge is 0.240 e. The highest BCUT2D eigenvalue weighted by Gasteiger charge is 2.04. The molecule has 0 aliphatic carbocycles. The molecule has 4 nitrogen and oxygen atoms in total. The van der Waals surface area contributed by atoms with Crippen molar-refractivity contribution >= 4 is 22.5 Å². The van der Waals surface area contributed by atoms with E-state index in [1.54, 1.807) is 6.20 Å². The van der Waals surface area contributed by atoms with Gasteiger partial charge >= 0.3 is 0 Å². The SMILES string of the molecule is C#CCNC(=O)CNc1ccnc2ccc(C)cc12. The Morgan fingerprint density at radius 3 is 3.05 bits per heavy atom. The average Bonchev–Trinajstić information content (AvgIpc) is 2.42. The number of hydrogen-bond acceptors (Lipinski definition) is 3. The van der Waals surface area contributed by atoms with E-state index in [4.69, 9.17) is 6.42 Å². The topological polar surface area (TPSA) is 54.0 Å². The van der Waals surface area contributed by atoms with Crippen molar-refractivity contribution in [2.75, 3.05) is 18.4 Å². The molecule has 0 bridgehead atoms. The molecule has 0 saturated carbocycles. The number of pyridine rings is 1. The normalized spacial score (nSPS) is 9.89. The Bertz CT molecular complexity index is 643. The highest BCUT2D eigenvalue weighted by Crippen LogP contribution is 2.22. The van der Waals surface area contributed by atoms with E-state index >= 15 is 0 Å². The van der Waals surface area contributed by atoms with E-state index in [0.29, 0.717) is 0 Å². The Hall–Kier alpha value is -2.54. The van der Waals surface area contributed by atoms with E-state index in [9.17, 15) is 4.79 Å². The van der Waals surface area contributed by atoms with Crippen molar-refractivity contribution in [3.8, 4) is 12.3 Å². The second kappa shape index (κ2) is 5.87. The summed E-state index contributed by atoms with van der Waals surface area (Å²) in [5, 5.41) is 6.72. The molecule has 2 N–H and O–H groups in total. The van der Waals surface area contributed by atoms with Gasteiger partial charge < -0.3 is 10.6 Å². The minimum absolute atomic E-state index is 0.129. The second-order valence-electron chi connectivity index (χ2n) is 4.21. The molecule has 19 heavy (non-hydrogen) atoms. The molecule has 0 aliphatic rings. The first kappa shape index (κ1) is 12.9. The molecule has 2 aromatic rings. The summed E-state index contributed by atoms with van der Waals surface area (Å²) < 4.78 is 0. The number of hydrogen-bond donors (Lipinski definition) is 2. The quantitative estimate of drug-likeness (QED) is 0.815. The highest BCUT2D eigenvalue weighted by atomic mass is 16.1. The van der Waals surface area contributed by atoms with Gasteiger partial charge in [0.25, 0.3) is 0 Å². The lowest BCUT2D eigenvalue weighted by molar-refractivity contribution is -0.119. The van der Waals surface area contributed by atoms with E-state index in [2.05, 4.69) is 21.5 Å². The summed E-state index contributed by atoms with van der Waals surface area (Å²) in [6.45, 7) is 2.46. The molecule has 1 amide bonds. The van der Waals surface area contributed by atoms with Crippen molar-refractivity contribution in [1.82, 2.24) is 10.3 Å².